The van der Waals surface area contributed by atoms with Crippen molar-refractivity contribution in [3.8, 4) is 5.88 Å². The van der Waals surface area contributed by atoms with Gasteiger partial charge in [-0.15, -0.1) is 0 Å². The predicted molar refractivity (Wildman–Crippen MR) is 130 cm³/mol. The first-order valence-electron chi connectivity index (χ1n) is 11.5. The first kappa shape index (κ1) is 23.5. The standard InChI is InChI=1S/C28H30N2O4/c1-17-5-6-18(2)23(11-17)28(33)30-10-9-20-7-8-21(13-22(20)16-30)24(14-27(31)32)25-15-29-26(34-4)12-19(25)3/h5-8,11-13,15,24H,9-10,14,16H2,1-4H3,(H,31,32)/t24-/m0/s1. The van der Waals surface area contributed by atoms with Crippen LogP contribution in [-0.2, 0) is 17.8 Å². The summed E-state index contributed by atoms with van der Waals surface area (Å²) in [6.45, 7) is 7.07. The highest BCUT2D eigenvalue weighted by molar-refractivity contribution is 5.96. The average molecular weight is 459 g/mol. The summed E-state index contributed by atoms with van der Waals surface area (Å²) >= 11 is 0. The van der Waals surface area contributed by atoms with Crippen molar-refractivity contribution < 1.29 is 19.4 Å². The number of rotatable bonds is 6. The molecule has 6 heteroatoms. The number of carbonyl (C=O) groups excluding carboxylic acids is 1. The lowest BCUT2D eigenvalue weighted by molar-refractivity contribution is -0.137. The maximum absolute atomic E-state index is 13.3. The third-order valence-corrected chi connectivity index (χ3v) is 6.65. The molecule has 1 amide bonds. The summed E-state index contributed by atoms with van der Waals surface area (Å²) in [5, 5.41) is 9.63. The second-order valence-electron chi connectivity index (χ2n) is 9.06. The van der Waals surface area contributed by atoms with Crippen LogP contribution in [0.2, 0.25) is 0 Å². The van der Waals surface area contributed by atoms with Crippen LogP contribution in [0.5, 0.6) is 5.88 Å². The molecule has 0 saturated heterocycles. The zero-order chi connectivity index (χ0) is 24.4. The Morgan fingerprint density at radius 1 is 1.06 bits per heavy atom. The van der Waals surface area contributed by atoms with Gasteiger partial charge in [0.15, 0.2) is 0 Å². The topological polar surface area (TPSA) is 79.7 Å². The molecule has 34 heavy (non-hydrogen) atoms. The minimum absolute atomic E-state index is 0.0366. The summed E-state index contributed by atoms with van der Waals surface area (Å²) in [5.74, 6) is -0.674. The summed E-state index contributed by atoms with van der Waals surface area (Å²) < 4.78 is 5.21. The molecular weight excluding hydrogens is 428 g/mol. The van der Waals surface area contributed by atoms with Gasteiger partial charge in [-0.25, -0.2) is 4.98 Å². The molecule has 1 N–H and O–H groups in total. The van der Waals surface area contributed by atoms with Crippen molar-refractivity contribution in [1.29, 1.82) is 0 Å². The van der Waals surface area contributed by atoms with Crippen molar-refractivity contribution >= 4 is 11.9 Å². The van der Waals surface area contributed by atoms with E-state index in [1.807, 2.05) is 56.0 Å². The van der Waals surface area contributed by atoms with Crippen molar-refractivity contribution in [2.24, 2.45) is 0 Å². The van der Waals surface area contributed by atoms with Crippen molar-refractivity contribution in [2.75, 3.05) is 13.7 Å². The Bertz CT molecular complexity index is 1250. The quantitative estimate of drug-likeness (QED) is 0.573. The highest BCUT2D eigenvalue weighted by atomic mass is 16.5. The summed E-state index contributed by atoms with van der Waals surface area (Å²) in [6, 6.07) is 13.9. The number of benzene rings is 2. The molecular formula is C28H30N2O4. The average Bonchev–Trinajstić information content (AvgIpc) is 2.83. The molecule has 3 aromatic rings. The molecule has 2 heterocycles. The number of carboxylic acid groups (broad SMARTS) is 1. The largest absolute Gasteiger partial charge is 0.481 e. The van der Waals surface area contributed by atoms with Gasteiger partial charge < -0.3 is 14.7 Å². The van der Waals surface area contributed by atoms with E-state index in [0.717, 1.165) is 45.4 Å². The van der Waals surface area contributed by atoms with E-state index in [2.05, 4.69) is 17.1 Å². The zero-order valence-electron chi connectivity index (χ0n) is 20.1. The van der Waals surface area contributed by atoms with Crippen LogP contribution in [0.1, 0.15) is 61.6 Å². The fourth-order valence-corrected chi connectivity index (χ4v) is 4.70. The molecule has 1 aliphatic rings. The van der Waals surface area contributed by atoms with Gasteiger partial charge in [0.1, 0.15) is 0 Å². The Labute approximate surface area is 200 Å². The molecule has 0 spiro atoms. The molecule has 1 atom stereocenters. The number of carbonyl (C=O) groups is 2. The molecule has 2 aromatic carbocycles. The smallest absolute Gasteiger partial charge is 0.304 e. The van der Waals surface area contributed by atoms with E-state index in [1.165, 1.54) is 5.56 Å². The normalized spacial score (nSPS) is 13.8. The molecule has 1 aromatic heterocycles. The summed E-state index contributed by atoms with van der Waals surface area (Å²) in [5.41, 5.74) is 7.75. The number of nitrogens with zero attached hydrogens (tertiary/aromatic N) is 2. The zero-order valence-corrected chi connectivity index (χ0v) is 20.1. The van der Waals surface area contributed by atoms with Crippen LogP contribution in [0.4, 0.5) is 0 Å². The fourth-order valence-electron chi connectivity index (χ4n) is 4.70. The fraction of sp³-hybridized carbons (Fsp3) is 0.321. The van der Waals surface area contributed by atoms with Crippen molar-refractivity contribution in [3.63, 3.8) is 0 Å². The van der Waals surface area contributed by atoms with Gasteiger partial charge in [-0.05, 0) is 66.6 Å². The molecule has 6 nitrogen and oxygen atoms in total. The van der Waals surface area contributed by atoms with Crippen LogP contribution >= 0.6 is 0 Å². The Morgan fingerprint density at radius 3 is 2.56 bits per heavy atom. The monoisotopic (exact) mass is 458 g/mol. The van der Waals surface area contributed by atoms with E-state index in [-0.39, 0.29) is 18.2 Å². The second-order valence-corrected chi connectivity index (χ2v) is 9.06. The molecule has 4 rings (SSSR count). The molecule has 0 fully saturated rings. The SMILES string of the molecule is COc1cc(C)c([C@@H](CC(=O)O)c2ccc3c(c2)CN(C(=O)c2cc(C)ccc2C)CC3)cn1. The number of hydrogen-bond acceptors (Lipinski definition) is 4. The van der Waals surface area contributed by atoms with Crippen LogP contribution in [-0.4, -0.2) is 40.5 Å². The van der Waals surface area contributed by atoms with Crippen LogP contribution in [0.25, 0.3) is 0 Å². The molecule has 0 saturated carbocycles. The first-order chi connectivity index (χ1) is 16.3. The highest BCUT2D eigenvalue weighted by Crippen LogP contribution is 2.34. The van der Waals surface area contributed by atoms with Crippen LogP contribution < -0.4 is 4.74 Å². The van der Waals surface area contributed by atoms with Gasteiger partial charge in [-0.2, -0.15) is 0 Å². The lowest BCUT2D eigenvalue weighted by Gasteiger charge is -2.30. The van der Waals surface area contributed by atoms with E-state index >= 15 is 0 Å². The van der Waals surface area contributed by atoms with Crippen LogP contribution in [0, 0.1) is 20.8 Å². The van der Waals surface area contributed by atoms with Gasteiger partial charge in [0, 0.05) is 36.8 Å². The highest BCUT2D eigenvalue weighted by Gasteiger charge is 2.26. The van der Waals surface area contributed by atoms with Gasteiger partial charge in [0.2, 0.25) is 5.88 Å². The predicted octanol–water partition coefficient (Wildman–Crippen LogP) is 4.82. The summed E-state index contributed by atoms with van der Waals surface area (Å²) in [4.78, 5) is 31.2. The minimum Gasteiger partial charge on any atom is -0.481 e. The number of carboxylic acids is 1. The number of methoxy groups -OCH3 is 1. The van der Waals surface area contributed by atoms with E-state index in [4.69, 9.17) is 4.74 Å². The van der Waals surface area contributed by atoms with Gasteiger partial charge >= 0.3 is 5.97 Å². The Balaban J connectivity index is 1.66. The van der Waals surface area contributed by atoms with E-state index in [9.17, 15) is 14.7 Å². The summed E-state index contributed by atoms with van der Waals surface area (Å²) in [6.07, 6.45) is 2.44. The lowest BCUT2D eigenvalue weighted by atomic mass is 9.84. The molecule has 1 aliphatic heterocycles. The van der Waals surface area contributed by atoms with Gasteiger partial charge in [0.05, 0.1) is 13.5 Å². The second kappa shape index (κ2) is 9.67. The van der Waals surface area contributed by atoms with E-state index in [1.54, 1.807) is 13.3 Å². The molecule has 0 bridgehead atoms. The Hall–Kier alpha value is -3.67. The van der Waals surface area contributed by atoms with Crippen molar-refractivity contribution in [1.82, 2.24) is 9.88 Å². The van der Waals surface area contributed by atoms with Gasteiger partial charge in [-0.1, -0.05) is 35.9 Å². The maximum atomic E-state index is 13.3. The molecule has 0 radical (unpaired) electrons. The number of amides is 1. The number of hydrogen-bond donors (Lipinski definition) is 1. The number of ether oxygens (including phenoxy) is 1. The number of aromatic nitrogens is 1. The number of aliphatic carboxylic acids is 1. The van der Waals surface area contributed by atoms with Crippen LogP contribution in [0.15, 0.2) is 48.7 Å². The third kappa shape index (κ3) is 4.81. The van der Waals surface area contributed by atoms with Gasteiger partial charge in [0.25, 0.3) is 5.91 Å². The lowest BCUT2D eigenvalue weighted by Crippen LogP contribution is -2.36. The van der Waals surface area contributed by atoms with Crippen molar-refractivity contribution in [2.45, 2.75) is 46.1 Å². The Kier molecular flexibility index (Phi) is 6.68. The molecule has 0 aliphatic carbocycles. The van der Waals surface area contributed by atoms with Gasteiger partial charge in [-0.3, -0.25) is 9.59 Å². The molecule has 176 valence electrons. The maximum Gasteiger partial charge on any atom is 0.304 e. The minimum atomic E-state index is -0.871. The summed E-state index contributed by atoms with van der Waals surface area (Å²) in [7, 11) is 1.56. The number of aryl methyl sites for hydroxylation is 3. The first-order valence-corrected chi connectivity index (χ1v) is 11.5. The van der Waals surface area contributed by atoms with E-state index in [0.29, 0.717) is 19.0 Å². The Morgan fingerprint density at radius 2 is 1.85 bits per heavy atom. The number of fused-ring (bicyclic) bond motifs is 1. The third-order valence-electron chi connectivity index (χ3n) is 6.65. The van der Waals surface area contributed by atoms with Crippen LogP contribution in [0.3, 0.4) is 0 Å². The molecule has 0 unspecified atom stereocenters. The number of pyridine rings is 1. The van der Waals surface area contributed by atoms with E-state index < -0.39 is 5.97 Å². The van der Waals surface area contributed by atoms with Crippen molar-refractivity contribution in [3.05, 3.63) is 93.2 Å².